The van der Waals surface area contributed by atoms with Crippen molar-refractivity contribution in [3.63, 3.8) is 0 Å². The van der Waals surface area contributed by atoms with Gasteiger partial charge in [0, 0.05) is 19.4 Å². The van der Waals surface area contributed by atoms with E-state index >= 15 is 0 Å². The van der Waals surface area contributed by atoms with Gasteiger partial charge in [-0.15, -0.1) is 0 Å². The lowest BCUT2D eigenvalue weighted by atomic mass is 10.1. The van der Waals surface area contributed by atoms with Crippen LogP contribution >= 0.6 is 0 Å². The molecule has 0 heterocycles. The van der Waals surface area contributed by atoms with Crippen LogP contribution < -0.4 is 0 Å². The molecule has 0 aliphatic heterocycles. The van der Waals surface area contributed by atoms with Gasteiger partial charge in [-0.2, -0.15) is 4.91 Å². The van der Waals surface area contributed by atoms with Gasteiger partial charge in [0.1, 0.15) is 0 Å². The average Bonchev–Trinajstić information content (AvgIpc) is 2.06. The zero-order valence-corrected chi connectivity index (χ0v) is 7.33. The second kappa shape index (κ2) is 8.62. The van der Waals surface area contributed by atoms with Gasteiger partial charge in [0.25, 0.3) is 0 Å². The molecule has 1 unspecified atom stereocenters. The molecule has 0 aromatic heterocycles. The van der Waals surface area contributed by atoms with E-state index in [-0.39, 0.29) is 12.7 Å². The maximum absolute atomic E-state index is 9.70. The van der Waals surface area contributed by atoms with Gasteiger partial charge in [-0.25, -0.2) is 0 Å². The van der Waals surface area contributed by atoms with E-state index in [0.717, 1.165) is 32.1 Å². The molecule has 0 fully saturated rings. The minimum atomic E-state index is -0.0849. The summed E-state index contributed by atoms with van der Waals surface area (Å²) in [4.78, 5) is 9.70. The van der Waals surface area contributed by atoms with Crippen molar-refractivity contribution in [2.45, 2.75) is 38.2 Å². The van der Waals surface area contributed by atoms with Crippen molar-refractivity contribution in [2.24, 2.45) is 5.18 Å². The molecule has 0 bridgehead atoms. The predicted molar refractivity (Wildman–Crippen MR) is 48.2 cm³/mol. The summed E-state index contributed by atoms with van der Waals surface area (Å²) in [6.45, 7) is 0.540. The lowest BCUT2D eigenvalue weighted by Crippen LogP contribution is -2.06. The molecule has 0 spiro atoms. The van der Waals surface area contributed by atoms with Gasteiger partial charge in [0.15, 0.2) is 6.10 Å². The number of nitrogens with zero attached hydrogens (tertiary/aromatic N) is 1. The number of hydrogen-bond acceptors (Lipinski definition) is 3. The first-order chi connectivity index (χ1) is 5.81. The minimum absolute atomic E-state index is 0.0849. The lowest BCUT2D eigenvalue weighted by Gasteiger charge is -2.03. The summed E-state index contributed by atoms with van der Waals surface area (Å²) in [7, 11) is 0. The molecular formula is C8H18NO3+. The highest BCUT2D eigenvalue weighted by molar-refractivity contribution is 4.57. The molecule has 0 aromatic carbocycles. The Bertz CT molecular complexity index is 108. The zero-order chi connectivity index (χ0) is 9.23. The molecule has 3 N–H and O–H groups in total. The summed E-state index contributed by atoms with van der Waals surface area (Å²) in [6, 6.07) is 0. The molecule has 12 heavy (non-hydrogen) atoms. The molecule has 0 saturated heterocycles. The Morgan fingerprint density at radius 2 is 1.92 bits per heavy atom. The summed E-state index contributed by atoms with van der Waals surface area (Å²) in [5.41, 5.74) is 0. The first-order valence-corrected chi connectivity index (χ1v) is 4.42. The number of aliphatic hydroxyl groups excluding tert-OH is 1. The molecule has 4 heteroatoms. The largest absolute Gasteiger partial charge is 0.443 e. The highest BCUT2D eigenvalue weighted by Crippen LogP contribution is 2.06. The van der Waals surface area contributed by atoms with Crippen molar-refractivity contribution in [1.82, 2.24) is 0 Å². The van der Waals surface area contributed by atoms with Crippen molar-refractivity contribution in [1.29, 1.82) is 0 Å². The Morgan fingerprint density at radius 1 is 1.25 bits per heavy atom. The van der Waals surface area contributed by atoms with Crippen LogP contribution in [0.4, 0.5) is 0 Å². The molecule has 0 aliphatic carbocycles. The summed E-state index contributed by atoms with van der Waals surface area (Å²) in [6.07, 6.45) is 3.88. The smallest absolute Gasteiger partial charge is 0.153 e. The molecule has 0 amide bonds. The molecule has 0 aliphatic rings. The van der Waals surface area contributed by atoms with Crippen LogP contribution in [0, 0.1) is 4.91 Å². The van der Waals surface area contributed by atoms with Crippen LogP contribution in [0.15, 0.2) is 5.18 Å². The second-order valence-electron chi connectivity index (χ2n) is 2.91. The second-order valence-corrected chi connectivity index (χ2v) is 2.91. The van der Waals surface area contributed by atoms with Crippen molar-refractivity contribution >= 4 is 0 Å². The predicted octanol–water partition coefficient (Wildman–Crippen LogP) is 0.789. The molecular weight excluding hydrogens is 158 g/mol. The zero-order valence-electron chi connectivity index (χ0n) is 7.33. The van der Waals surface area contributed by atoms with Crippen LogP contribution in [0.25, 0.3) is 0 Å². The van der Waals surface area contributed by atoms with E-state index in [1.54, 1.807) is 0 Å². The average molecular weight is 176 g/mol. The number of rotatable bonds is 8. The topological polar surface area (TPSA) is 72.6 Å². The maximum atomic E-state index is 9.70. The first-order valence-electron chi connectivity index (χ1n) is 4.42. The Hall–Kier alpha value is -0.480. The highest BCUT2D eigenvalue weighted by atomic mass is 16.3. The number of nitroso groups, excluding NO2 is 1. The Labute approximate surface area is 72.6 Å². The molecule has 72 valence electrons. The van der Waals surface area contributed by atoms with Crippen molar-refractivity contribution in [2.75, 3.05) is 13.2 Å². The summed E-state index contributed by atoms with van der Waals surface area (Å²) < 4.78 is 0. The summed E-state index contributed by atoms with van der Waals surface area (Å²) in [5.74, 6) is 0. The van der Waals surface area contributed by atoms with E-state index < -0.39 is 0 Å². The summed E-state index contributed by atoms with van der Waals surface area (Å²) >= 11 is 0. The van der Waals surface area contributed by atoms with Crippen LogP contribution in [0.3, 0.4) is 0 Å². The number of hydrogen-bond donors (Lipinski definition) is 1. The highest BCUT2D eigenvalue weighted by Gasteiger charge is 2.06. The van der Waals surface area contributed by atoms with Crippen LogP contribution in [0.1, 0.15) is 32.1 Å². The quantitative estimate of drug-likeness (QED) is 0.337. The molecule has 0 saturated carbocycles. The van der Waals surface area contributed by atoms with Crippen LogP contribution in [0.2, 0.25) is 0 Å². The van der Waals surface area contributed by atoms with Crippen molar-refractivity contribution in [3.05, 3.63) is 4.91 Å². The number of unbranched alkanes of at least 4 members (excludes halogenated alkanes) is 1. The van der Waals surface area contributed by atoms with Gasteiger partial charge in [-0.3, -0.25) is 0 Å². The number of aliphatic hydroxyl groups is 1. The molecule has 4 nitrogen and oxygen atoms in total. The molecule has 0 radical (unpaired) electrons. The van der Waals surface area contributed by atoms with Crippen molar-refractivity contribution in [3.8, 4) is 0 Å². The molecule has 0 rings (SSSR count). The van der Waals surface area contributed by atoms with Crippen LogP contribution in [-0.4, -0.2) is 29.5 Å². The maximum Gasteiger partial charge on any atom is 0.153 e. The Kier molecular flexibility index (Phi) is 8.27. The van der Waals surface area contributed by atoms with E-state index in [9.17, 15) is 4.91 Å². The monoisotopic (exact) mass is 176 g/mol. The van der Waals surface area contributed by atoms with E-state index in [1.807, 2.05) is 0 Å². The van der Waals surface area contributed by atoms with E-state index in [0.29, 0.717) is 6.54 Å². The SMILES string of the molecule is O=NCCCC([OH2+])CCCCO. The van der Waals surface area contributed by atoms with Gasteiger partial charge < -0.3 is 10.2 Å². The standard InChI is InChI=1S/C8H17NO3/c10-7-2-1-4-8(11)5-3-6-9-12/h8,10-11H,1-7H2/p+1. The van der Waals surface area contributed by atoms with Gasteiger partial charge >= 0.3 is 0 Å². The van der Waals surface area contributed by atoms with E-state index in [4.69, 9.17) is 10.2 Å². The van der Waals surface area contributed by atoms with Crippen molar-refractivity contribution < 1.29 is 10.2 Å². The van der Waals surface area contributed by atoms with Gasteiger partial charge in [-0.05, 0) is 19.3 Å². The first kappa shape index (κ1) is 11.5. The fraction of sp³-hybridized carbons (Fsp3) is 1.00. The van der Waals surface area contributed by atoms with E-state index in [1.165, 1.54) is 0 Å². The van der Waals surface area contributed by atoms with Gasteiger partial charge in [0.05, 0.1) is 6.54 Å². The summed E-state index contributed by atoms with van der Waals surface area (Å²) in [5, 5.41) is 18.7. The fourth-order valence-corrected chi connectivity index (χ4v) is 1.05. The fourth-order valence-electron chi connectivity index (χ4n) is 1.05. The Morgan fingerprint density at radius 3 is 2.50 bits per heavy atom. The normalized spacial score (nSPS) is 12.8. The molecule has 1 atom stereocenters. The molecule has 0 aromatic rings. The third-order valence-electron chi connectivity index (χ3n) is 1.76. The third kappa shape index (κ3) is 7.63. The Balaban J connectivity index is 3.09. The van der Waals surface area contributed by atoms with Crippen LogP contribution in [-0.2, 0) is 0 Å². The van der Waals surface area contributed by atoms with Crippen LogP contribution in [0.5, 0.6) is 0 Å². The van der Waals surface area contributed by atoms with Gasteiger partial charge in [0.2, 0.25) is 0 Å². The minimum Gasteiger partial charge on any atom is -0.443 e. The van der Waals surface area contributed by atoms with Gasteiger partial charge in [-0.1, -0.05) is 5.18 Å². The van der Waals surface area contributed by atoms with E-state index in [2.05, 4.69) is 5.18 Å². The third-order valence-corrected chi connectivity index (χ3v) is 1.76. The lowest BCUT2D eigenvalue weighted by molar-refractivity contribution is 0.146.